The average Bonchev–Trinajstić information content (AvgIpc) is 2.80. The molecule has 6 heteroatoms. The number of benzene rings is 1. The minimum absolute atomic E-state index is 0.328. The highest BCUT2D eigenvalue weighted by Gasteiger charge is 2.21. The molecule has 0 saturated carbocycles. The number of aryl methyl sites for hydroxylation is 1. The van der Waals surface area contributed by atoms with E-state index in [1.165, 1.54) is 12.1 Å². The van der Waals surface area contributed by atoms with Crippen LogP contribution in [0.2, 0.25) is 0 Å². The molecular formula is C14H17BrFN3O. The number of hydrogen-bond donors (Lipinski definition) is 1. The largest absolute Gasteiger partial charge is 0.493 e. The fourth-order valence-corrected chi connectivity index (χ4v) is 2.63. The summed E-state index contributed by atoms with van der Waals surface area (Å²) in [4.78, 5) is 0. The summed E-state index contributed by atoms with van der Waals surface area (Å²) in [5.74, 6) is 0.289. The van der Waals surface area contributed by atoms with Gasteiger partial charge in [-0.3, -0.25) is 4.68 Å². The van der Waals surface area contributed by atoms with E-state index in [0.29, 0.717) is 15.8 Å². The molecule has 2 N–H and O–H groups in total. The second kappa shape index (κ2) is 6.37. The van der Waals surface area contributed by atoms with Crippen molar-refractivity contribution in [1.29, 1.82) is 0 Å². The van der Waals surface area contributed by atoms with Crippen LogP contribution in [0.4, 0.5) is 4.39 Å². The molecule has 0 aliphatic carbocycles. The number of nitrogens with two attached hydrogens (primary N) is 1. The van der Waals surface area contributed by atoms with Crippen LogP contribution in [-0.2, 0) is 6.54 Å². The molecule has 1 heterocycles. The number of nitrogens with zero attached hydrogens (tertiary/aromatic N) is 2. The Hall–Kier alpha value is -1.40. The van der Waals surface area contributed by atoms with Crippen LogP contribution in [0, 0.1) is 5.82 Å². The van der Waals surface area contributed by atoms with Gasteiger partial charge in [-0.15, -0.1) is 0 Å². The first-order valence-corrected chi connectivity index (χ1v) is 7.17. The molecule has 0 saturated heterocycles. The topological polar surface area (TPSA) is 53.1 Å². The first kappa shape index (κ1) is 15.0. The van der Waals surface area contributed by atoms with Gasteiger partial charge in [-0.1, -0.05) is 22.9 Å². The molecule has 0 spiro atoms. The van der Waals surface area contributed by atoms with Gasteiger partial charge in [0.15, 0.2) is 5.75 Å². The normalized spacial score (nSPS) is 12.4. The van der Waals surface area contributed by atoms with Gasteiger partial charge in [0.05, 0.1) is 19.3 Å². The summed E-state index contributed by atoms with van der Waals surface area (Å²) in [6.07, 6.45) is 2.57. The molecule has 1 aromatic carbocycles. The first-order chi connectivity index (χ1) is 9.56. The molecule has 0 aliphatic heterocycles. The van der Waals surface area contributed by atoms with E-state index in [1.807, 2.05) is 4.68 Å². The monoisotopic (exact) mass is 341 g/mol. The van der Waals surface area contributed by atoms with Gasteiger partial charge in [-0.05, 0) is 30.2 Å². The van der Waals surface area contributed by atoms with Crippen LogP contribution in [0.5, 0.6) is 5.75 Å². The van der Waals surface area contributed by atoms with E-state index in [-0.39, 0.29) is 5.82 Å². The minimum Gasteiger partial charge on any atom is -0.493 e. The molecule has 0 aliphatic rings. The van der Waals surface area contributed by atoms with Crippen LogP contribution >= 0.6 is 15.9 Å². The minimum atomic E-state index is -0.494. The number of halogens is 2. The summed E-state index contributed by atoms with van der Waals surface area (Å²) < 4.78 is 21.3. The first-order valence-electron chi connectivity index (χ1n) is 6.38. The summed E-state index contributed by atoms with van der Waals surface area (Å²) in [7, 11) is 1.57. The lowest BCUT2D eigenvalue weighted by atomic mass is 10.0. The van der Waals surface area contributed by atoms with Gasteiger partial charge in [0.2, 0.25) is 0 Å². The van der Waals surface area contributed by atoms with E-state index in [9.17, 15) is 4.39 Å². The molecule has 0 radical (unpaired) electrons. The maximum atomic E-state index is 13.5. The molecule has 1 aromatic heterocycles. The van der Waals surface area contributed by atoms with Crippen LogP contribution in [-0.4, -0.2) is 16.9 Å². The van der Waals surface area contributed by atoms with Gasteiger partial charge in [0, 0.05) is 11.0 Å². The molecule has 1 unspecified atom stereocenters. The lowest BCUT2D eigenvalue weighted by Crippen LogP contribution is -2.18. The fourth-order valence-electron chi connectivity index (χ4n) is 2.15. The zero-order valence-corrected chi connectivity index (χ0v) is 13.0. The van der Waals surface area contributed by atoms with Gasteiger partial charge < -0.3 is 10.5 Å². The van der Waals surface area contributed by atoms with Crippen LogP contribution in [0.15, 0.2) is 28.9 Å². The lowest BCUT2D eigenvalue weighted by molar-refractivity contribution is 0.404. The smallest absolute Gasteiger partial charge is 0.161 e. The van der Waals surface area contributed by atoms with Crippen LogP contribution < -0.4 is 10.5 Å². The van der Waals surface area contributed by atoms with E-state index >= 15 is 0 Å². The molecule has 4 nitrogen and oxygen atoms in total. The molecular weight excluding hydrogens is 325 g/mol. The molecule has 20 heavy (non-hydrogen) atoms. The highest BCUT2D eigenvalue weighted by atomic mass is 79.9. The maximum Gasteiger partial charge on any atom is 0.161 e. The van der Waals surface area contributed by atoms with E-state index in [1.54, 1.807) is 19.4 Å². The van der Waals surface area contributed by atoms with E-state index in [4.69, 9.17) is 10.5 Å². The third-order valence-electron chi connectivity index (χ3n) is 3.04. The van der Waals surface area contributed by atoms with Crippen LogP contribution in [0.1, 0.15) is 30.6 Å². The Labute approximate surface area is 125 Å². The van der Waals surface area contributed by atoms with Crippen LogP contribution in [0.25, 0.3) is 0 Å². The van der Waals surface area contributed by atoms with Gasteiger partial charge in [-0.25, -0.2) is 4.39 Å². The Morgan fingerprint density at radius 3 is 2.80 bits per heavy atom. The van der Waals surface area contributed by atoms with E-state index in [0.717, 1.165) is 18.7 Å². The van der Waals surface area contributed by atoms with Gasteiger partial charge in [0.1, 0.15) is 11.5 Å². The van der Waals surface area contributed by atoms with Gasteiger partial charge in [0.25, 0.3) is 0 Å². The predicted molar refractivity (Wildman–Crippen MR) is 79.2 cm³/mol. The van der Waals surface area contributed by atoms with Crippen molar-refractivity contribution in [3.63, 3.8) is 0 Å². The number of aromatic nitrogens is 2. The van der Waals surface area contributed by atoms with Gasteiger partial charge in [-0.2, -0.15) is 5.10 Å². The zero-order valence-electron chi connectivity index (χ0n) is 11.4. The third kappa shape index (κ3) is 3.02. The highest BCUT2D eigenvalue weighted by molar-refractivity contribution is 9.10. The predicted octanol–water partition coefficient (Wildman–Crippen LogP) is 3.25. The Kier molecular flexibility index (Phi) is 4.77. The second-order valence-corrected chi connectivity index (χ2v) is 5.42. The summed E-state index contributed by atoms with van der Waals surface area (Å²) in [6.45, 7) is 2.80. The van der Waals surface area contributed by atoms with Crippen molar-refractivity contribution in [1.82, 2.24) is 9.78 Å². The van der Waals surface area contributed by atoms with Crippen molar-refractivity contribution in [2.75, 3.05) is 7.11 Å². The molecule has 0 amide bonds. The van der Waals surface area contributed by atoms with E-state index in [2.05, 4.69) is 28.0 Å². The van der Waals surface area contributed by atoms with Crippen molar-refractivity contribution in [3.8, 4) is 5.75 Å². The third-order valence-corrected chi connectivity index (χ3v) is 3.50. The molecule has 0 fully saturated rings. The Morgan fingerprint density at radius 2 is 2.20 bits per heavy atom. The number of hydrogen-bond acceptors (Lipinski definition) is 3. The summed E-state index contributed by atoms with van der Waals surface area (Å²) in [5, 5.41) is 4.27. The quantitative estimate of drug-likeness (QED) is 0.908. The average molecular weight is 342 g/mol. The standard InChI is InChI=1S/C14H17BrFN3O/c1-3-4-19-14(12(20-2)8-18-19)13(17)9-5-10(15)7-11(16)6-9/h5-8,13H,3-4,17H2,1-2H3. The molecule has 0 bridgehead atoms. The van der Waals surface area contributed by atoms with Crippen LogP contribution in [0.3, 0.4) is 0 Å². The van der Waals surface area contributed by atoms with Crippen molar-refractivity contribution >= 4 is 15.9 Å². The van der Waals surface area contributed by atoms with Crippen molar-refractivity contribution in [3.05, 3.63) is 45.9 Å². The zero-order chi connectivity index (χ0) is 14.7. The summed E-state index contributed by atoms with van der Waals surface area (Å²) in [5.41, 5.74) is 7.71. The van der Waals surface area contributed by atoms with Crippen molar-refractivity contribution in [2.45, 2.75) is 25.9 Å². The number of rotatable bonds is 5. The fraction of sp³-hybridized carbons (Fsp3) is 0.357. The highest BCUT2D eigenvalue weighted by Crippen LogP contribution is 2.30. The van der Waals surface area contributed by atoms with Gasteiger partial charge >= 0.3 is 0 Å². The van der Waals surface area contributed by atoms with Crippen molar-refractivity contribution in [2.24, 2.45) is 5.73 Å². The van der Waals surface area contributed by atoms with E-state index < -0.39 is 6.04 Å². The molecule has 1 atom stereocenters. The SMILES string of the molecule is CCCn1ncc(OC)c1C(N)c1cc(F)cc(Br)c1. The Bertz CT molecular complexity index is 580. The second-order valence-electron chi connectivity index (χ2n) is 4.50. The molecule has 2 rings (SSSR count). The Balaban J connectivity index is 2.45. The maximum absolute atomic E-state index is 13.5. The summed E-state index contributed by atoms with van der Waals surface area (Å²) >= 11 is 3.28. The lowest BCUT2D eigenvalue weighted by Gasteiger charge is -2.16. The number of ether oxygens (including phenoxy) is 1. The Morgan fingerprint density at radius 1 is 1.45 bits per heavy atom. The molecule has 2 aromatic rings. The molecule has 108 valence electrons. The summed E-state index contributed by atoms with van der Waals surface area (Å²) in [6, 6.07) is 4.14. The van der Waals surface area contributed by atoms with Crippen molar-refractivity contribution < 1.29 is 9.13 Å². The number of methoxy groups -OCH3 is 1.